The lowest BCUT2D eigenvalue weighted by Crippen LogP contribution is -2.29. The van der Waals surface area contributed by atoms with Crippen molar-refractivity contribution in [2.45, 2.75) is 59.9 Å². The van der Waals surface area contributed by atoms with Gasteiger partial charge in [-0.05, 0) is 63.4 Å². The zero-order valence-electron chi connectivity index (χ0n) is 23.8. The molecule has 4 heterocycles. The summed E-state index contributed by atoms with van der Waals surface area (Å²) in [5, 5.41) is 20.8. The maximum absolute atomic E-state index is 13.6. The third-order valence-corrected chi connectivity index (χ3v) is 7.90. The number of carbonyl (C=O) groups excluding carboxylic acids is 2. The van der Waals surface area contributed by atoms with Gasteiger partial charge in [0.15, 0.2) is 17.3 Å². The topological polar surface area (TPSA) is 119 Å². The fourth-order valence-corrected chi connectivity index (χ4v) is 5.73. The molecule has 1 aliphatic rings. The molecule has 11 heteroatoms. The minimum Gasteiger partial charge on any atom is -0.505 e. The molecule has 4 aromatic rings. The molecule has 0 radical (unpaired) electrons. The third kappa shape index (κ3) is 5.17. The highest BCUT2D eigenvalue weighted by molar-refractivity contribution is 7.15. The molecule has 214 valence electrons. The summed E-state index contributed by atoms with van der Waals surface area (Å²) in [5.74, 6) is -0.924. The van der Waals surface area contributed by atoms with E-state index >= 15 is 0 Å². The molecule has 1 aromatic carbocycles. The molecule has 41 heavy (non-hydrogen) atoms. The fourth-order valence-electron chi connectivity index (χ4n) is 5.02. The van der Waals surface area contributed by atoms with Crippen LogP contribution in [0.2, 0.25) is 0 Å². The van der Waals surface area contributed by atoms with Gasteiger partial charge in [0.2, 0.25) is 5.13 Å². The van der Waals surface area contributed by atoms with Gasteiger partial charge in [-0.3, -0.25) is 14.5 Å². The lowest BCUT2D eigenvalue weighted by Gasteiger charge is -2.23. The number of aliphatic hydroxyl groups is 1. The lowest BCUT2D eigenvalue weighted by molar-refractivity contribution is -0.132. The predicted octanol–water partition coefficient (Wildman–Crippen LogP) is 5.71. The first-order valence-electron chi connectivity index (χ1n) is 13.7. The molecule has 0 saturated carbocycles. The number of nitrogens with zero attached hydrogens (tertiary/aromatic N) is 5. The molecule has 1 fully saturated rings. The minimum absolute atomic E-state index is 0.0777. The number of imidazole rings is 1. The van der Waals surface area contributed by atoms with E-state index in [0.29, 0.717) is 46.6 Å². The number of rotatable bonds is 10. The van der Waals surface area contributed by atoms with Crippen molar-refractivity contribution in [3.8, 4) is 11.5 Å². The Morgan fingerprint density at radius 3 is 2.54 bits per heavy atom. The Labute approximate surface area is 242 Å². The van der Waals surface area contributed by atoms with E-state index < -0.39 is 17.7 Å². The van der Waals surface area contributed by atoms with Crippen LogP contribution in [0.3, 0.4) is 0 Å². The Morgan fingerprint density at radius 2 is 1.85 bits per heavy atom. The highest BCUT2D eigenvalue weighted by atomic mass is 32.1. The van der Waals surface area contributed by atoms with Crippen molar-refractivity contribution < 1.29 is 24.2 Å². The first kappa shape index (κ1) is 28.3. The van der Waals surface area contributed by atoms with Crippen LogP contribution in [0.4, 0.5) is 5.13 Å². The maximum atomic E-state index is 13.6. The zero-order chi connectivity index (χ0) is 29.3. The summed E-state index contributed by atoms with van der Waals surface area (Å²) in [6, 6.07) is 8.13. The molecule has 0 spiro atoms. The molecule has 3 aromatic heterocycles. The van der Waals surface area contributed by atoms with Gasteiger partial charge in [0.25, 0.3) is 5.78 Å². The standard InChI is InChI=1S/C30H33N5O5S/c1-6-8-9-15-40-21-13-12-20(16-22(21)39-7-2)25-23(27(37)29(38)35(25)30-33-32-19(5)41-30)26(36)24-18(4)34-14-10-11-17(3)28(34)31-24/h10-14,16,25,36H,6-9,15H2,1-5H3/b26-23+. The van der Waals surface area contributed by atoms with E-state index in [1.54, 1.807) is 25.1 Å². The van der Waals surface area contributed by atoms with Crippen LogP contribution in [0.5, 0.6) is 11.5 Å². The second-order valence-corrected chi connectivity index (χ2v) is 11.1. The molecule has 1 amide bonds. The summed E-state index contributed by atoms with van der Waals surface area (Å²) >= 11 is 1.19. The molecule has 1 aliphatic heterocycles. The van der Waals surface area contributed by atoms with Crippen molar-refractivity contribution >= 4 is 39.6 Å². The lowest BCUT2D eigenvalue weighted by atomic mass is 9.96. The molecule has 1 atom stereocenters. The van der Waals surface area contributed by atoms with E-state index in [1.165, 1.54) is 16.2 Å². The van der Waals surface area contributed by atoms with Gasteiger partial charge in [-0.15, -0.1) is 10.2 Å². The summed E-state index contributed by atoms with van der Waals surface area (Å²) in [5.41, 5.74) is 2.92. The SMILES string of the molecule is CCCCCOc1ccc(C2/C(=C(\O)c3nc4c(C)cccn4c3C)C(=O)C(=O)N2c2nnc(C)s2)cc1OCC. The van der Waals surface area contributed by atoms with E-state index in [9.17, 15) is 14.7 Å². The average molecular weight is 576 g/mol. The van der Waals surface area contributed by atoms with Crippen LogP contribution in [0.15, 0.2) is 42.1 Å². The van der Waals surface area contributed by atoms with Gasteiger partial charge in [0.05, 0.1) is 30.5 Å². The summed E-state index contributed by atoms with van der Waals surface area (Å²) in [6.07, 6.45) is 4.89. The monoisotopic (exact) mass is 575 g/mol. The quantitative estimate of drug-likeness (QED) is 0.111. The number of aromatic nitrogens is 4. The van der Waals surface area contributed by atoms with Gasteiger partial charge in [-0.1, -0.05) is 43.2 Å². The summed E-state index contributed by atoms with van der Waals surface area (Å²) in [4.78, 5) is 33.1. The number of aliphatic hydroxyl groups excluding tert-OH is 1. The number of benzene rings is 1. The van der Waals surface area contributed by atoms with Gasteiger partial charge >= 0.3 is 5.91 Å². The maximum Gasteiger partial charge on any atom is 0.301 e. The van der Waals surface area contributed by atoms with E-state index in [-0.39, 0.29) is 22.2 Å². The predicted molar refractivity (Wildman–Crippen MR) is 157 cm³/mol. The first-order chi connectivity index (χ1) is 19.8. The number of hydrogen-bond acceptors (Lipinski definition) is 9. The third-order valence-electron chi connectivity index (χ3n) is 7.06. The number of aryl methyl sites for hydroxylation is 3. The fraction of sp³-hybridized carbons (Fsp3) is 0.367. The van der Waals surface area contributed by atoms with Crippen molar-refractivity contribution in [2.24, 2.45) is 0 Å². The highest BCUT2D eigenvalue weighted by Crippen LogP contribution is 2.45. The highest BCUT2D eigenvalue weighted by Gasteiger charge is 2.49. The number of ether oxygens (including phenoxy) is 2. The number of anilines is 1. The number of Topliss-reactive ketones (excluding diaryl/α,β-unsaturated/α-hetero) is 1. The van der Waals surface area contributed by atoms with Gasteiger partial charge in [-0.25, -0.2) is 4.98 Å². The number of pyridine rings is 1. The number of carbonyl (C=O) groups is 2. The second kappa shape index (κ2) is 11.7. The number of ketones is 1. The van der Waals surface area contributed by atoms with Gasteiger partial charge < -0.3 is 19.0 Å². The number of hydrogen-bond donors (Lipinski definition) is 1. The van der Waals surface area contributed by atoms with Crippen LogP contribution in [0, 0.1) is 20.8 Å². The normalized spacial score (nSPS) is 16.6. The Morgan fingerprint density at radius 1 is 1.05 bits per heavy atom. The van der Waals surface area contributed by atoms with Crippen molar-refractivity contribution in [1.29, 1.82) is 0 Å². The molecule has 1 N–H and O–H groups in total. The van der Waals surface area contributed by atoms with E-state index in [2.05, 4.69) is 22.1 Å². The van der Waals surface area contributed by atoms with Crippen LogP contribution < -0.4 is 14.4 Å². The zero-order valence-corrected chi connectivity index (χ0v) is 24.6. The summed E-state index contributed by atoms with van der Waals surface area (Å²) in [6.45, 7) is 10.4. The van der Waals surface area contributed by atoms with Crippen molar-refractivity contribution in [1.82, 2.24) is 19.6 Å². The minimum atomic E-state index is -0.985. The molecular formula is C30H33N5O5S. The van der Waals surface area contributed by atoms with Gasteiger partial charge in [0, 0.05) is 6.20 Å². The smallest absolute Gasteiger partial charge is 0.301 e. The molecule has 0 aliphatic carbocycles. The second-order valence-electron chi connectivity index (χ2n) is 9.90. The van der Waals surface area contributed by atoms with E-state index in [1.807, 2.05) is 43.5 Å². The number of fused-ring (bicyclic) bond motifs is 1. The van der Waals surface area contributed by atoms with Crippen LogP contribution in [0.25, 0.3) is 11.4 Å². The Bertz CT molecular complexity index is 1660. The van der Waals surface area contributed by atoms with Crippen molar-refractivity contribution in [3.05, 3.63) is 69.6 Å². The van der Waals surface area contributed by atoms with Crippen LogP contribution in [-0.2, 0) is 9.59 Å². The van der Waals surface area contributed by atoms with Crippen LogP contribution in [0.1, 0.15) is 66.7 Å². The summed E-state index contributed by atoms with van der Waals surface area (Å²) in [7, 11) is 0. The molecule has 5 rings (SSSR count). The summed E-state index contributed by atoms with van der Waals surface area (Å²) < 4.78 is 13.8. The number of unbranched alkanes of at least 4 members (excludes halogenated alkanes) is 2. The first-order valence-corrected chi connectivity index (χ1v) is 14.5. The Balaban J connectivity index is 1.68. The molecular weight excluding hydrogens is 542 g/mol. The molecule has 10 nitrogen and oxygen atoms in total. The Kier molecular flexibility index (Phi) is 8.07. The van der Waals surface area contributed by atoms with Gasteiger partial charge in [0.1, 0.15) is 16.3 Å². The largest absolute Gasteiger partial charge is 0.505 e. The average Bonchev–Trinajstić information content (AvgIpc) is 3.61. The molecule has 1 saturated heterocycles. The van der Waals surface area contributed by atoms with E-state index in [4.69, 9.17) is 9.47 Å². The van der Waals surface area contributed by atoms with Gasteiger partial charge in [-0.2, -0.15) is 0 Å². The van der Waals surface area contributed by atoms with Crippen molar-refractivity contribution in [2.75, 3.05) is 18.1 Å². The van der Waals surface area contributed by atoms with Crippen molar-refractivity contribution in [3.63, 3.8) is 0 Å². The van der Waals surface area contributed by atoms with E-state index in [0.717, 1.165) is 24.8 Å². The van der Waals surface area contributed by atoms with Crippen LogP contribution >= 0.6 is 11.3 Å². The Hall–Kier alpha value is -4.25. The molecule has 0 bridgehead atoms. The number of amides is 1. The van der Waals surface area contributed by atoms with Crippen LogP contribution in [-0.4, -0.2) is 49.6 Å². The molecule has 1 unspecified atom stereocenters.